The van der Waals surface area contributed by atoms with Gasteiger partial charge < -0.3 is 10.6 Å². The Balaban J connectivity index is 1.79. The summed E-state index contributed by atoms with van der Waals surface area (Å²) in [6.45, 7) is 3.89. The van der Waals surface area contributed by atoms with Crippen LogP contribution in [0.3, 0.4) is 0 Å². The van der Waals surface area contributed by atoms with Crippen LogP contribution in [0.2, 0.25) is 0 Å². The van der Waals surface area contributed by atoms with Gasteiger partial charge >= 0.3 is 0 Å². The molecule has 108 valence electrons. The van der Waals surface area contributed by atoms with E-state index in [1.807, 2.05) is 38.1 Å². The van der Waals surface area contributed by atoms with Crippen molar-refractivity contribution in [1.29, 1.82) is 0 Å². The lowest BCUT2D eigenvalue weighted by Gasteiger charge is -2.08. The van der Waals surface area contributed by atoms with Gasteiger partial charge in [0.1, 0.15) is 5.69 Å². The summed E-state index contributed by atoms with van der Waals surface area (Å²) < 4.78 is 0. The van der Waals surface area contributed by atoms with Crippen LogP contribution < -0.4 is 10.6 Å². The lowest BCUT2D eigenvalue weighted by Crippen LogP contribution is -2.26. The Morgan fingerprint density at radius 3 is 2.52 bits per heavy atom. The zero-order valence-corrected chi connectivity index (χ0v) is 12.2. The zero-order valence-electron chi connectivity index (χ0n) is 12.2. The minimum Gasteiger partial charge on any atom is -0.348 e. The molecule has 5 nitrogen and oxygen atoms in total. The highest BCUT2D eigenvalue weighted by molar-refractivity contribution is 5.93. The number of amides is 1. The minimum atomic E-state index is -0.130. The second-order valence-electron chi connectivity index (χ2n) is 5.46. The summed E-state index contributed by atoms with van der Waals surface area (Å²) >= 11 is 0. The molecular formula is C16H18N4O. The van der Waals surface area contributed by atoms with Gasteiger partial charge in [-0.25, -0.2) is 9.97 Å². The maximum Gasteiger partial charge on any atom is 0.270 e. The van der Waals surface area contributed by atoms with Gasteiger partial charge in [-0.05, 0) is 44.9 Å². The first-order valence-corrected chi connectivity index (χ1v) is 7.10. The molecule has 1 amide bonds. The normalized spacial score (nSPS) is 13.8. The molecule has 1 aliphatic rings. The number of hydrogen-bond acceptors (Lipinski definition) is 4. The van der Waals surface area contributed by atoms with E-state index < -0.39 is 0 Å². The maximum absolute atomic E-state index is 12.1. The molecule has 1 heterocycles. The number of benzene rings is 1. The number of hydrogen-bond donors (Lipinski definition) is 2. The monoisotopic (exact) mass is 282 g/mol. The molecule has 2 aromatic rings. The highest BCUT2D eigenvalue weighted by Gasteiger charge is 2.24. The van der Waals surface area contributed by atoms with Crippen LogP contribution in [0.15, 0.2) is 30.3 Å². The van der Waals surface area contributed by atoms with Gasteiger partial charge in [0.25, 0.3) is 5.91 Å². The third-order valence-electron chi connectivity index (χ3n) is 3.31. The van der Waals surface area contributed by atoms with Crippen molar-refractivity contribution in [2.45, 2.75) is 32.7 Å². The Labute approximate surface area is 123 Å². The molecule has 0 radical (unpaired) electrons. The summed E-state index contributed by atoms with van der Waals surface area (Å²) in [7, 11) is 0. The Bertz CT molecular complexity index is 662. The first-order chi connectivity index (χ1) is 10.1. The van der Waals surface area contributed by atoms with Gasteiger partial charge in [0.05, 0.1) is 0 Å². The predicted octanol–water partition coefficient (Wildman–Crippen LogP) is 2.73. The SMILES string of the molecule is Cc1ccc(Nc2nc(C)cc(C(=O)NC3CC3)n2)cc1. The van der Waals surface area contributed by atoms with Crippen LogP contribution >= 0.6 is 0 Å². The van der Waals surface area contributed by atoms with Crippen LogP contribution in [0.5, 0.6) is 0 Å². The number of rotatable bonds is 4. The smallest absolute Gasteiger partial charge is 0.270 e. The lowest BCUT2D eigenvalue weighted by atomic mass is 10.2. The van der Waals surface area contributed by atoms with Crippen molar-refractivity contribution in [3.8, 4) is 0 Å². The van der Waals surface area contributed by atoms with E-state index in [9.17, 15) is 4.79 Å². The molecule has 0 spiro atoms. The number of aromatic nitrogens is 2. The van der Waals surface area contributed by atoms with Crippen molar-refractivity contribution in [3.05, 3.63) is 47.3 Å². The first-order valence-electron chi connectivity index (χ1n) is 7.10. The molecule has 5 heteroatoms. The van der Waals surface area contributed by atoms with E-state index in [0.717, 1.165) is 24.2 Å². The fourth-order valence-electron chi connectivity index (χ4n) is 1.99. The summed E-state index contributed by atoms with van der Waals surface area (Å²) in [6, 6.07) is 9.98. The van der Waals surface area contributed by atoms with Gasteiger partial charge in [-0.15, -0.1) is 0 Å². The van der Waals surface area contributed by atoms with Gasteiger partial charge in [0, 0.05) is 17.4 Å². The Morgan fingerprint density at radius 1 is 1.14 bits per heavy atom. The molecule has 0 unspecified atom stereocenters. The van der Waals surface area contributed by atoms with Crippen molar-refractivity contribution in [2.24, 2.45) is 0 Å². The summed E-state index contributed by atoms with van der Waals surface area (Å²) in [5, 5.41) is 6.07. The summed E-state index contributed by atoms with van der Waals surface area (Å²) in [6.07, 6.45) is 2.12. The number of carbonyl (C=O) groups is 1. The van der Waals surface area contributed by atoms with E-state index in [2.05, 4.69) is 20.6 Å². The van der Waals surface area contributed by atoms with Crippen LogP contribution in [0.4, 0.5) is 11.6 Å². The largest absolute Gasteiger partial charge is 0.348 e. The number of aryl methyl sites for hydroxylation is 2. The topological polar surface area (TPSA) is 66.9 Å². The molecule has 0 atom stereocenters. The summed E-state index contributed by atoms with van der Waals surface area (Å²) in [4.78, 5) is 20.7. The van der Waals surface area contributed by atoms with Crippen LogP contribution in [-0.4, -0.2) is 21.9 Å². The lowest BCUT2D eigenvalue weighted by molar-refractivity contribution is 0.0946. The van der Waals surface area contributed by atoms with E-state index in [1.54, 1.807) is 6.07 Å². The van der Waals surface area contributed by atoms with Gasteiger partial charge in [0.15, 0.2) is 0 Å². The van der Waals surface area contributed by atoms with E-state index in [1.165, 1.54) is 5.56 Å². The fourth-order valence-corrected chi connectivity index (χ4v) is 1.99. The molecule has 0 saturated heterocycles. The van der Waals surface area contributed by atoms with Gasteiger partial charge in [-0.1, -0.05) is 17.7 Å². The summed E-state index contributed by atoms with van der Waals surface area (Å²) in [5.41, 5.74) is 3.26. The molecule has 0 aliphatic heterocycles. The molecule has 2 N–H and O–H groups in total. The molecule has 1 aliphatic carbocycles. The molecule has 21 heavy (non-hydrogen) atoms. The van der Waals surface area contributed by atoms with Crippen LogP contribution in [0, 0.1) is 13.8 Å². The number of nitrogens with zero attached hydrogens (tertiary/aromatic N) is 2. The molecule has 3 rings (SSSR count). The Kier molecular flexibility index (Phi) is 3.56. The van der Waals surface area contributed by atoms with Crippen molar-refractivity contribution in [1.82, 2.24) is 15.3 Å². The fraction of sp³-hybridized carbons (Fsp3) is 0.312. The van der Waals surface area contributed by atoms with Crippen molar-refractivity contribution >= 4 is 17.5 Å². The van der Waals surface area contributed by atoms with Gasteiger partial charge in [-0.3, -0.25) is 4.79 Å². The molecule has 1 fully saturated rings. The van der Waals surface area contributed by atoms with Gasteiger partial charge in [-0.2, -0.15) is 0 Å². The third-order valence-corrected chi connectivity index (χ3v) is 3.31. The molecule has 1 aromatic heterocycles. The highest BCUT2D eigenvalue weighted by atomic mass is 16.2. The third kappa shape index (κ3) is 3.56. The van der Waals surface area contributed by atoms with E-state index in [0.29, 0.717) is 17.7 Å². The molecule has 1 aromatic carbocycles. The predicted molar refractivity (Wildman–Crippen MR) is 81.7 cm³/mol. The summed E-state index contributed by atoms with van der Waals surface area (Å²) in [5.74, 6) is 0.315. The highest BCUT2D eigenvalue weighted by Crippen LogP contribution is 2.20. The molecule has 0 bridgehead atoms. The number of nitrogens with one attached hydrogen (secondary N) is 2. The number of anilines is 2. The van der Waals surface area contributed by atoms with Crippen LogP contribution in [0.25, 0.3) is 0 Å². The second-order valence-corrected chi connectivity index (χ2v) is 5.46. The van der Waals surface area contributed by atoms with Crippen molar-refractivity contribution < 1.29 is 4.79 Å². The molecular weight excluding hydrogens is 264 g/mol. The average Bonchev–Trinajstić information content (AvgIpc) is 3.25. The van der Waals surface area contributed by atoms with E-state index in [4.69, 9.17) is 0 Å². The number of carbonyl (C=O) groups excluding carboxylic acids is 1. The minimum absolute atomic E-state index is 0.130. The Hall–Kier alpha value is -2.43. The van der Waals surface area contributed by atoms with E-state index >= 15 is 0 Å². The van der Waals surface area contributed by atoms with E-state index in [-0.39, 0.29) is 5.91 Å². The molecule has 1 saturated carbocycles. The first kappa shape index (κ1) is 13.5. The standard InChI is InChI=1S/C16H18N4O/c1-10-3-5-13(6-4-10)19-16-17-11(2)9-14(20-16)15(21)18-12-7-8-12/h3-6,9,12H,7-8H2,1-2H3,(H,18,21)(H,17,19,20). The second kappa shape index (κ2) is 5.52. The van der Waals surface area contributed by atoms with Crippen molar-refractivity contribution in [2.75, 3.05) is 5.32 Å². The maximum atomic E-state index is 12.1. The van der Waals surface area contributed by atoms with Gasteiger partial charge in [0.2, 0.25) is 5.95 Å². The zero-order chi connectivity index (χ0) is 14.8. The van der Waals surface area contributed by atoms with Crippen LogP contribution in [-0.2, 0) is 0 Å². The average molecular weight is 282 g/mol. The van der Waals surface area contributed by atoms with Crippen molar-refractivity contribution in [3.63, 3.8) is 0 Å². The Morgan fingerprint density at radius 2 is 1.86 bits per heavy atom. The quantitative estimate of drug-likeness (QED) is 0.905. The van der Waals surface area contributed by atoms with Crippen LogP contribution in [0.1, 0.15) is 34.6 Å².